The Morgan fingerprint density at radius 1 is 1.03 bits per heavy atom. The number of fused-ring (bicyclic) bond motifs is 3. The van der Waals surface area contributed by atoms with Crippen molar-refractivity contribution in [1.29, 1.82) is 0 Å². The maximum Gasteiger partial charge on any atom is 0.251 e. The number of para-hydroxylation sites is 1. The number of rotatable bonds is 18. The van der Waals surface area contributed by atoms with Crippen molar-refractivity contribution < 1.29 is 37.7 Å². The Morgan fingerprint density at radius 3 is 2.48 bits per heavy atom. The molecule has 2 aliphatic heterocycles. The average Bonchev–Trinajstić information content (AvgIpc) is 4.00. The van der Waals surface area contributed by atoms with Gasteiger partial charge in [-0.25, -0.2) is 13.8 Å². The molecular weight excluding hydrogens is 853 g/mol. The number of hydrogen-bond acceptors (Lipinski definition) is 10. The van der Waals surface area contributed by atoms with Gasteiger partial charge in [0.25, 0.3) is 6.43 Å². The Labute approximate surface area is 382 Å². The van der Waals surface area contributed by atoms with Gasteiger partial charge in [-0.15, -0.1) is 11.3 Å². The van der Waals surface area contributed by atoms with Crippen molar-refractivity contribution in [3.05, 3.63) is 113 Å². The van der Waals surface area contributed by atoms with Crippen LogP contribution in [0.5, 0.6) is 5.75 Å². The van der Waals surface area contributed by atoms with Gasteiger partial charge >= 0.3 is 0 Å². The van der Waals surface area contributed by atoms with E-state index in [9.17, 15) is 28.3 Å². The zero-order valence-corrected chi connectivity index (χ0v) is 38.4. The van der Waals surface area contributed by atoms with E-state index in [2.05, 4.69) is 31.7 Å². The van der Waals surface area contributed by atoms with E-state index < -0.39 is 47.9 Å². The number of ether oxygens (including phenoxy) is 2. The van der Waals surface area contributed by atoms with E-state index in [0.717, 1.165) is 43.9 Å². The maximum absolute atomic E-state index is 14.0. The van der Waals surface area contributed by atoms with Gasteiger partial charge in [0.05, 0.1) is 59.9 Å². The van der Waals surface area contributed by atoms with Crippen molar-refractivity contribution in [3.8, 4) is 16.2 Å². The zero-order valence-electron chi connectivity index (χ0n) is 37.6. The Morgan fingerprint density at radius 2 is 1.78 bits per heavy atom. The van der Waals surface area contributed by atoms with Crippen molar-refractivity contribution in [3.63, 3.8) is 0 Å². The third-order valence-electron chi connectivity index (χ3n) is 12.0. The van der Waals surface area contributed by atoms with Crippen molar-refractivity contribution >= 4 is 40.0 Å². The lowest BCUT2D eigenvalue weighted by Gasteiger charge is -2.40. The van der Waals surface area contributed by atoms with Gasteiger partial charge in [-0.3, -0.25) is 24.3 Å². The monoisotopic (exact) mass is 911 g/mol. The molecular formula is C49H59F2N7O6S. The molecule has 13 nitrogen and oxygen atoms in total. The Bertz CT molecular complexity index is 2430. The second-order valence-electron chi connectivity index (χ2n) is 17.9. The number of aromatic amines is 1. The summed E-state index contributed by atoms with van der Waals surface area (Å²) >= 11 is 1.57. The number of amides is 3. The molecule has 2 aliphatic rings. The number of thiazole rings is 1. The number of carbonyl (C=O) groups excluding carboxylic acids is 3. The Balaban J connectivity index is 0.834. The maximum atomic E-state index is 14.0. The molecule has 1 unspecified atom stereocenters. The minimum Gasteiger partial charge on any atom is -0.492 e. The SMILES string of the molecule is Cc1ncsc1-c1ccc(CNC(=O)[C@@H]2C[C@@H](O)CN2C(=O)C(NC(=O)COCC/C=C/CCOc2ccc([C@@H]3c4[nH]c5ccccc5c4C[C@@H](C)N3CC(F)F)nc2)C(C)(C)C)cc1. The molecule has 1 saturated heterocycles. The number of aryl methyl sites for hydroxylation is 1. The number of nitrogens with one attached hydrogen (secondary N) is 3. The summed E-state index contributed by atoms with van der Waals surface area (Å²) in [6.07, 6.45) is 4.11. The van der Waals surface area contributed by atoms with E-state index in [0.29, 0.717) is 37.3 Å². The molecule has 1 fully saturated rings. The van der Waals surface area contributed by atoms with Crippen LogP contribution in [0.25, 0.3) is 21.3 Å². The van der Waals surface area contributed by atoms with E-state index in [1.165, 1.54) is 4.90 Å². The third-order valence-corrected chi connectivity index (χ3v) is 13.0. The predicted molar refractivity (Wildman–Crippen MR) is 247 cm³/mol. The van der Waals surface area contributed by atoms with Gasteiger partial charge in [0, 0.05) is 42.1 Å². The van der Waals surface area contributed by atoms with Crippen LogP contribution >= 0.6 is 11.3 Å². The van der Waals surface area contributed by atoms with Crippen LogP contribution in [0, 0.1) is 12.3 Å². The number of nitrogens with zero attached hydrogens (tertiary/aromatic N) is 4. The Kier molecular flexibility index (Phi) is 15.4. The third kappa shape index (κ3) is 11.6. The molecule has 5 atom stereocenters. The van der Waals surface area contributed by atoms with E-state index in [4.69, 9.17) is 9.47 Å². The van der Waals surface area contributed by atoms with Gasteiger partial charge < -0.3 is 35.1 Å². The molecule has 5 heterocycles. The summed E-state index contributed by atoms with van der Waals surface area (Å²) < 4.78 is 39.1. The van der Waals surface area contributed by atoms with Crippen LogP contribution in [0.4, 0.5) is 8.78 Å². The van der Waals surface area contributed by atoms with Gasteiger partial charge in [-0.1, -0.05) is 75.4 Å². The topological polar surface area (TPSA) is 162 Å². The number of carbonyl (C=O) groups is 3. The van der Waals surface area contributed by atoms with E-state index in [1.807, 2.05) is 112 Å². The highest BCUT2D eigenvalue weighted by Crippen LogP contribution is 2.41. The quantitative estimate of drug-likeness (QED) is 0.0529. The Hall–Kier alpha value is -5.55. The summed E-state index contributed by atoms with van der Waals surface area (Å²) in [7, 11) is 0. The number of aliphatic hydroxyl groups is 1. The molecule has 65 heavy (non-hydrogen) atoms. The standard InChI is InChI=1S/C49H59F2N7O6S/c1-30-22-37-36-12-8-9-13-38(36)55-43(37)44(57(30)27-41(50)51)39-19-18-35(25-52-39)64-21-11-7-6-10-20-63-28-42(60)56-46(49(3,4)5)48(62)58-26-34(59)23-40(58)47(61)53-24-32-14-16-33(17-15-32)45-31(2)54-29-65-45/h6-9,12-19,25,29-30,34,40-41,44,46,55,59H,10-11,20-24,26-28H2,1-5H3,(H,53,61)(H,56,60)/b7-6+/t30-,34-,40+,44-,46?/m1/s1. The number of alkyl halides is 2. The number of H-pyrrole nitrogens is 1. The van der Waals surface area contributed by atoms with Crippen LogP contribution in [0.15, 0.2) is 84.5 Å². The van der Waals surface area contributed by atoms with Gasteiger partial charge in [0.2, 0.25) is 17.7 Å². The molecule has 16 heteroatoms. The first-order valence-electron chi connectivity index (χ1n) is 22.2. The fourth-order valence-corrected chi connectivity index (χ4v) is 9.50. The van der Waals surface area contributed by atoms with Crippen LogP contribution in [0.2, 0.25) is 0 Å². The lowest BCUT2D eigenvalue weighted by molar-refractivity contribution is -0.144. The fraction of sp³-hybridized carbons (Fsp3) is 0.449. The van der Waals surface area contributed by atoms with Crippen molar-refractivity contribution in [2.24, 2.45) is 5.41 Å². The van der Waals surface area contributed by atoms with Crippen LogP contribution < -0.4 is 15.4 Å². The van der Waals surface area contributed by atoms with Gasteiger partial charge in [-0.05, 0) is 73.4 Å². The number of likely N-dealkylation sites (tertiary alicyclic amines) is 1. The number of β-amino-alcohol motifs (C(OH)–C–C–N with tert-alkyl or cyclic N) is 1. The van der Waals surface area contributed by atoms with Crippen LogP contribution in [-0.4, -0.2) is 111 Å². The first-order valence-corrected chi connectivity index (χ1v) is 23.1. The molecule has 0 radical (unpaired) electrons. The second-order valence-corrected chi connectivity index (χ2v) is 18.8. The average molecular weight is 912 g/mol. The molecule has 5 aromatic rings. The molecule has 2 aromatic carbocycles. The number of pyridine rings is 1. The minimum atomic E-state index is -2.48. The molecule has 0 bridgehead atoms. The highest BCUT2D eigenvalue weighted by Gasteiger charge is 2.44. The number of halogens is 2. The summed E-state index contributed by atoms with van der Waals surface area (Å²) in [4.78, 5) is 57.2. The van der Waals surface area contributed by atoms with E-state index in [-0.39, 0.29) is 51.2 Å². The molecule has 0 spiro atoms. The van der Waals surface area contributed by atoms with E-state index >= 15 is 0 Å². The fourth-order valence-electron chi connectivity index (χ4n) is 8.69. The molecule has 3 amide bonds. The van der Waals surface area contributed by atoms with Crippen LogP contribution in [-0.2, 0) is 32.1 Å². The van der Waals surface area contributed by atoms with Crippen molar-refractivity contribution in [2.45, 2.75) is 104 Å². The minimum absolute atomic E-state index is 0.0171. The summed E-state index contributed by atoms with van der Waals surface area (Å²) in [6.45, 7) is 9.74. The molecule has 3 aromatic heterocycles. The summed E-state index contributed by atoms with van der Waals surface area (Å²) in [5, 5.41) is 17.4. The highest BCUT2D eigenvalue weighted by atomic mass is 32.1. The predicted octanol–water partition coefficient (Wildman–Crippen LogP) is 7.14. The molecule has 0 saturated carbocycles. The van der Waals surface area contributed by atoms with Gasteiger partial charge in [0.15, 0.2) is 0 Å². The molecule has 0 aliphatic carbocycles. The van der Waals surface area contributed by atoms with Gasteiger partial charge in [-0.2, -0.15) is 0 Å². The lowest BCUT2D eigenvalue weighted by Crippen LogP contribution is -2.58. The lowest BCUT2D eigenvalue weighted by atomic mass is 9.85. The number of aliphatic hydroxyl groups excluding tert-OH is 1. The smallest absolute Gasteiger partial charge is 0.251 e. The van der Waals surface area contributed by atoms with Crippen LogP contribution in [0.3, 0.4) is 0 Å². The largest absolute Gasteiger partial charge is 0.492 e. The normalized spacial score (nSPS) is 19.5. The highest BCUT2D eigenvalue weighted by molar-refractivity contribution is 7.13. The summed E-state index contributed by atoms with van der Waals surface area (Å²) in [5.74, 6) is -0.704. The number of benzene rings is 2. The summed E-state index contributed by atoms with van der Waals surface area (Å²) in [5.41, 5.74) is 7.70. The van der Waals surface area contributed by atoms with Crippen molar-refractivity contribution in [1.82, 2.24) is 35.4 Å². The summed E-state index contributed by atoms with van der Waals surface area (Å²) in [6, 6.07) is 17.1. The zero-order chi connectivity index (χ0) is 46.3. The van der Waals surface area contributed by atoms with E-state index in [1.54, 1.807) is 17.5 Å². The van der Waals surface area contributed by atoms with Crippen LogP contribution in [0.1, 0.15) is 81.2 Å². The first-order chi connectivity index (χ1) is 31.2. The van der Waals surface area contributed by atoms with Crippen molar-refractivity contribution in [2.75, 3.05) is 32.9 Å². The first kappa shape index (κ1) is 47.4. The second kappa shape index (κ2) is 21.2. The molecule has 4 N–H and O–H groups in total. The van der Waals surface area contributed by atoms with Gasteiger partial charge in [0.1, 0.15) is 24.4 Å². The number of hydrogen-bond donors (Lipinski definition) is 4. The number of aromatic nitrogens is 3. The molecule has 346 valence electrons. The molecule has 7 rings (SSSR count).